The number of hydrogen-bond acceptors (Lipinski definition) is 2. The molecule has 0 aliphatic carbocycles. The fourth-order valence-electron chi connectivity index (χ4n) is 2.35. The number of hydrogen-bond donors (Lipinski definition) is 2. The summed E-state index contributed by atoms with van der Waals surface area (Å²) in [5.74, 6) is 0.609. The minimum atomic E-state index is 0.407. The second-order valence-electron chi connectivity index (χ2n) is 4.49. The summed E-state index contributed by atoms with van der Waals surface area (Å²) in [7, 11) is 4.06. The molecule has 3 heteroatoms. The molecule has 96 valence electrons. The van der Waals surface area contributed by atoms with E-state index in [1.54, 1.807) is 0 Å². The SMILES string of the molecule is CCC(CNC)C(NC)c1cc(Br)ccc1C. The Bertz CT molecular complexity index is 352. The van der Waals surface area contributed by atoms with Gasteiger partial charge in [-0.3, -0.25) is 0 Å². The number of benzene rings is 1. The first-order chi connectivity index (χ1) is 8.13. The first-order valence-electron chi connectivity index (χ1n) is 6.21. The molecule has 1 aromatic rings. The minimum absolute atomic E-state index is 0.407. The number of halogens is 1. The number of rotatable bonds is 6. The van der Waals surface area contributed by atoms with E-state index in [9.17, 15) is 0 Å². The van der Waals surface area contributed by atoms with Gasteiger partial charge >= 0.3 is 0 Å². The van der Waals surface area contributed by atoms with Crippen molar-refractivity contribution in [3.63, 3.8) is 0 Å². The lowest BCUT2D eigenvalue weighted by Crippen LogP contribution is -2.32. The van der Waals surface area contributed by atoms with Gasteiger partial charge in [0.05, 0.1) is 0 Å². The molecule has 0 amide bonds. The Hall–Kier alpha value is -0.380. The van der Waals surface area contributed by atoms with Crippen molar-refractivity contribution in [2.24, 2.45) is 5.92 Å². The summed E-state index contributed by atoms with van der Waals surface area (Å²) < 4.78 is 1.15. The Morgan fingerprint density at radius 1 is 1.29 bits per heavy atom. The molecule has 0 spiro atoms. The van der Waals surface area contributed by atoms with Gasteiger partial charge in [-0.2, -0.15) is 0 Å². The summed E-state index contributed by atoms with van der Waals surface area (Å²) in [5.41, 5.74) is 2.74. The molecule has 0 saturated heterocycles. The van der Waals surface area contributed by atoms with Crippen molar-refractivity contribution in [1.29, 1.82) is 0 Å². The summed E-state index contributed by atoms with van der Waals surface area (Å²) in [5, 5.41) is 6.75. The van der Waals surface area contributed by atoms with Gasteiger partial charge in [-0.05, 0) is 56.7 Å². The average Bonchev–Trinajstić information content (AvgIpc) is 2.33. The van der Waals surface area contributed by atoms with Crippen molar-refractivity contribution in [2.45, 2.75) is 26.3 Å². The molecule has 0 radical (unpaired) electrons. The molecule has 1 rings (SSSR count). The predicted octanol–water partition coefficient (Wildman–Crippen LogP) is 3.26. The Balaban J connectivity index is 3.02. The zero-order valence-electron chi connectivity index (χ0n) is 11.2. The van der Waals surface area contributed by atoms with Gasteiger partial charge in [0.15, 0.2) is 0 Å². The number of nitrogens with one attached hydrogen (secondary N) is 2. The molecular formula is C14H23BrN2. The van der Waals surface area contributed by atoms with Crippen LogP contribution in [0.1, 0.15) is 30.5 Å². The fourth-order valence-corrected chi connectivity index (χ4v) is 2.73. The van der Waals surface area contributed by atoms with Crippen LogP contribution in [0.25, 0.3) is 0 Å². The van der Waals surface area contributed by atoms with E-state index in [4.69, 9.17) is 0 Å². The summed E-state index contributed by atoms with van der Waals surface area (Å²) in [6.07, 6.45) is 1.16. The monoisotopic (exact) mass is 298 g/mol. The van der Waals surface area contributed by atoms with Crippen molar-refractivity contribution < 1.29 is 0 Å². The highest BCUT2D eigenvalue weighted by Gasteiger charge is 2.21. The molecule has 0 saturated carbocycles. The Morgan fingerprint density at radius 2 is 2.00 bits per heavy atom. The highest BCUT2D eigenvalue weighted by molar-refractivity contribution is 9.10. The third kappa shape index (κ3) is 3.80. The quantitative estimate of drug-likeness (QED) is 0.842. The smallest absolute Gasteiger partial charge is 0.0361 e. The van der Waals surface area contributed by atoms with Crippen LogP contribution in [-0.2, 0) is 0 Å². The normalized spacial score (nSPS) is 14.6. The van der Waals surface area contributed by atoms with Gasteiger partial charge in [-0.15, -0.1) is 0 Å². The van der Waals surface area contributed by atoms with Gasteiger partial charge in [-0.25, -0.2) is 0 Å². The van der Waals surface area contributed by atoms with Gasteiger partial charge < -0.3 is 10.6 Å². The van der Waals surface area contributed by atoms with E-state index < -0.39 is 0 Å². The molecule has 0 aromatic heterocycles. The predicted molar refractivity (Wildman–Crippen MR) is 78.4 cm³/mol. The van der Waals surface area contributed by atoms with Gasteiger partial charge in [0.25, 0.3) is 0 Å². The van der Waals surface area contributed by atoms with Crippen molar-refractivity contribution in [1.82, 2.24) is 10.6 Å². The molecule has 0 heterocycles. The first kappa shape index (κ1) is 14.7. The van der Waals surface area contributed by atoms with Gasteiger partial charge in [0.1, 0.15) is 0 Å². The number of aryl methyl sites for hydroxylation is 1. The van der Waals surface area contributed by atoms with Gasteiger partial charge in [-0.1, -0.05) is 35.3 Å². The summed E-state index contributed by atoms with van der Waals surface area (Å²) in [6.45, 7) is 5.46. The molecule has 2 N–H and O–H groups in total. The van der Waals surface area contributed by atoms with E-state index >= 15 is 0 Å². The molecular weight excluding hydrogens is 276 g/mol. The zero-order valence-corrected chi connectivity index (χ0v) is 12.8. The zero-order chi connectivity index (χ0) is 12.8. The highest BCUT2D eigenvalue weighted by atomic mass is 79.9. The van der Waals surface area contributed by atoms with Crippen LogP contribution in [0.2, 0.25) is 0 Å². The Kier molecular flexibility index (Phi) is 6.17. The molecule has 2 nitrogen and oxygen atoms in total. The highest BCUT2D eigenvalue weighted by Crippen LogP contribution is 2.28. The van der Waals surface area contributed by atoms with E-state index in [0.29, 0.717) is 12.0 Å². The lowest BCUT2D eigenvalue weighted by molar-refractivity contribution is 0.358. The van der Waals surface area contributed by atoms with Crippen molar-refractivity contribution in [2.75, 3.05) is 20.6 Å². The summed E-state index contributed by atoms with van der Waals surface area (Å²) >= 11 is 3.56. The third-order valence-electron chi connectivity index (χ3n) is 3.35. The molecule has 2 unspecified atom stereocenters. The maximum Gasteiger partial charge on any atom is 0.0361 e. The van der Waals surface area contributed by atoms with Crippen molar-refractivity contribution in [3.8, 4) is 0 Å². The Morgan fingerprint density at radius 3 is 2.53 bits per heavy atom. The molecule has 17 heavy (non-hydrogen) atoms. The standard InChI is InChI=1S/C14H23BrN2/c1-5-11(9-16-3)14(17-4)13-8-12(15)7-6-10(13)2/h6-8,11,14,16-17H,5,9H2,1-4H3. The van der Waals surface area contributed by atoms with Crippen LogP contribution < -0.4 is 10.6 Å². The Labute approximate surface area is 113 Å². The second kappa shape index (κ2) is 7.14. The van der Waals surface area contributed by atoms with Crippen molar-refractivity contribution in [3.05, 3.63) is 33.8 Å². The van der Waals surface area contributed by atoms with E-state index in [-0.39, 0.29) is 0 Å². The molecule has 0 aliphatic heterocycles. The van der Waals surface area contributed by atoms with Crippen LogP contribution in [-0.4, -0.2) is 20.6 Å². The van der Waals surface area contributed by atoms with E-state index in [1.807, 2.05) is 14.1 Å². The van der Waals surface area contributed by atoms with Crippen LogP contribution in [0, 0.1) is 12.8 Å². The summed E-state index contributed by atoms with van der Waals surface area (Å²) in [6, 6.07) is 6.92. The lowest BCUT2D eigenvalue weighted by atomic mass is 9.88. The summed E-state index contributed by atoms with van der Waals surface area (Å²) in [4.78, 5) is 0. The van der Waals surface area contributed by atoms with Crippen LogP contribution in [0.15, 0.2) is 22.7 Å². The van der Waals surface area contributed by atoms with Crippen molar-refractivity contribution >= 4 is 15.9 Å². The maximum atomic E-state index is 3.56. The molecule has 2 atom stereocenters. The minimum Gasteiger partial charge on any atom is -0.319 e. The van der Waals surface area contributed by atoms with Crippen LogP contribution in [0.5, 0.6) is 0 Å². The van der Waals surface area contributed by atoms with E-state index in [2.05, 4.69) is 58.6 Å². The molecule has 0 bridgehead atoms. The van der Waals surface area contributed by atoms with Crippen LogP contribution >= 0.6 is 15.9 Å². The fraction of sp³-hybridized carbons (Fsp3) is 0.571. The van der Waals surface area contributed by atoms with Crippen LogP contribution in [0.4, 0.5) is 0 Å². The maximum absolute atomic E-state index is 3.56. The molecule has 0 aliphatic rings. The molecule has 1 aromatic carbocycles. The average molecular weight is 299 g/mol. The van der Waals surface area contributed by atoms with E-state index in [1.165, 1.54) is 11.1 Å². The second-order valence-corrected chi connectivity index (χ2v) is 5.41. The lowest BCUT2D eigenvalue weighted by Gasteiger charge is -2.27. The third-order valence-corrected chi connectivity index (χ3v) is 3.84. The first-order valence-corrected chi connectivity index (χ1v) is 7.01. The van der Waals surface area contributed by atoms with Gasteiger partial charge in [0.2, 0.25) is 0 Å². The van der Waals surface area contributed by atoms with E-state index in [0.717, 1.165) is 17.4 Å². The largest absolute Gasteiger partial charge is 0.319 e. The molecule has 0 fully saturated rings. The van der Waals surface area contributed by atoms with Gasteiger partial charge in [0, 0.05) is 10.5 Å². The van der Waals surface area contributed by atoms with Crippen LogP contribution in [0.3, 0.4) is 0 Å². The topological polar surface area (TPSA) is 24.1 Å².